The smallest absolute Gasteiger partial charge is 0.269 e. The van der Waals surface area contributed by atoms with Gasteiger partial charge < -0.3 is 20.7 Å². The molecule has 13 heteroatoms. The molecule has 0 atom stereocenters. The van der Waals surface area contributed by atoms with Crippen LogP contribution in [0.5, 0.6) is 0 Å². The number of nitrogens with zero attached hydrogens (tertiary/aromatic N) is 2. The molecule has 1 fully saturated rings. The summed E-state index contributed by atoms with van der Waals surface area (Å²) in [6.45, 7) is 4.61. The molecule has 1 aliphatic rings. The summed E-state index contributed by atoms with van der Waals surface area (Å²) in [6.07, 6.45) is 0. The van der Waals surface area contributed by atoms with Crippen molar-refractivity contribution in [3.8, 4) is 0 Å². The molecular weight excluding hydrogens is 522 g/mol. The van der Waals surface area contributed by atoms with E-state index in [2.05, 4.69) is 31.0 Å². The average molecular weight is 547 g/mol. The Morgan fingerprint density at radius 2 is 1.68 bits per heavy atom. The molecule has 0 bridgehead atoms. The second kappa shape index (κ2) is 12.6. The number of anilines is 1. The first-order chi connectivity index (χ1) is 18.3. The molecular formula is C25H25ClF2N6O4. The topological polar surface area (TPSA) is 128 Å². The maximum absolute atomic E-state index is 13.5. The summed E-state index contributed by atoms with van der Waals surface area (Å²) >= 11 is 5.81. The number of aromatic nitrogens is 2. The van der Waals surface area contributed by atoms with E-state index < -0.39 is 23.4 Å². The van der Waals surface area contributed by atoms with Gasteiger partial charge in [-0.25, -0.2) is 8.78 Å². The first-order valence-corrected chi connectivity index (χ1v) is 12.1. The SMILES string of the molecule is O=C(NCCN1CCOCC1)c1ccc(CNC(=O)c2cc(NC(=O)c3cc(F)c(F)cc3Cl)n[nH]2)cc1. The number of carbonyl (C=O) groups is 3. The van der Waals surface area contributed by atoms with Gasteiger partial charge in [0.25, 0.3) is 17.7 Å². The van der Waals surface area contributed by atoms with Crippen LogP contribution in [0.25, 0.3) is 0 Å². The van der Waals surface area contributed by atoms with E-state index in [1.165, 1.54) is 6.07 Å². The molecule has 10 nitrogen and oxygen atoms in total. The molecule has 0 unspecified atom stereocenters. The van der Waals surface area contributed by atoms with E-state index in [1.54, 1.807) is 24.3 Å². The summed E-state index contributed by atoms with van der Waals surface area (Å²) < 4.78 is 32.0. The fraction of sp³-hybridized carbons (Fsp3) is 0.280. The first kappa shape index (κ1) is 27.2. The van der Waals surface area contributed by atoms with Crippen molar-refractivity contribution >= 4 is 35.1 Å². The van der Waals surface area contributed by atoms with E-state index in [0.29, 0.717) is 37.5 Å². The molecule has 0 aliphatic carbocycles. The molecule has 1 aliphatic heterocycles. The third-order valence-corrected chi connectivity index (χ3v) is 6.12. The van der Waals surface area contributed by atoms with Gasteiger partial charge in [0.05, 0.1) is 23.8 Å². The number of morpholine rings is 1. The number of H-pyrrole nitrogens is 1. The minimum absolute atomic E-state index is 0.00932. The van der Waals surface area contributed by atoms with Crippen LogP contribution in [0.15, 0.2) is 42.5 Å². The van der Waals surface area contributed by atoms with Crippen molar-refractivity contribution in [3.05, 3.63) is 81.5 Å². The van der Waals surface area contributed by atoms with Gasteiger partial charge >= 0.3 is 0 Å². The Bertz CT molecular complexity index is 1310. The van der Waals surface area contributed by atoms with E-state index in [4.69, 9.17) is 16.3 Å². The Morgan fingerprint density at radius 1 is 0.974 bits per heavy atom. The van der Waals surface area contributed by atoms with Crippen LogP contribution < -0.4 is 16.0 Å². The predicted octanol–water partition coefficient (Wildman–Crippen LogP) is 2.59. The summed E-state index contributed by atoms with van der Waals surface area (Å²) in [5, 5.41) is 14.0. The monoisotopic (exact) mass is 546 g/mol. The largest absolute Gasteiger partial charge is 0.379 e. The number of benzene rings is 2. The van der Waals surface area contributed by atoms with Crippen LogP contribution in [0.3, 0.4) is 0 Å². The Balaban J connectivity index is 1.24. The van der Waals surface area contributed by atoms with Crippen LogP contribution in [0.1, 0.15) is 36.8 Å². The van der Waals surface area contributed by atoms with Crippen molar-refractivity contribution in [1.29, 1.82) is 0 Å². The van der Waals surface area contributed by atoms with Crippen LogP contribution in [-0.2, 0) is 11.3 Å². The molecule has 1 saturated heterocycles. The minimum Gasteiger partial charge on any atom is -0.379 e. The fourth-order valence-corrected chi connectivity index (χ4v) is 3.92. The van der Waals surface area contributed by atoms with E-state index in [9.17, 15) is 23.2 Å². The van der Waals surface area contributed by atoms with Gasteiger partial charge in [0.1, 0.15) is 5.69 Å². The number of aromatic amines is 1. The number of hydrogen-bond acceptors (Lipinski definition) is 6. The van der Waals surface area contributed by atoms with Gasteiger partial charge in [-0.3, -0.25) is 24.4 Å². The number of hydrogen-bond donors (Lipinski definition) is 4. The van der Waals surface area contributed by atoms with E-state index in [-0.39, 0.29) is 34.5 Å². The normalized spacial score (nSPS) is 13.7. The maximum atomic E-state index is 13.5. The first-order valence-electron chi connectivity index (χ1n) is 11.8. The van der Waals surface area contributed by atoms with Gasteiger partial charge in [-0.15, -0.1) is 0 Å². The molecule has 0 radical (unpaired) electrons. The van der Waals surface area contributed by atoms with E-state index in [1.807, 2.05) is 0 Å². The predicted molar refractivity (Wildman–Crippen MR) is 135 cm³/mol. The Morgan fingerprint density at radius 3 is 2.42 bits per heavy atom. The van der Waals surface area contributed by atoms with Gasteiger partial charge in [-0.05, 0) is 29.8 Å². The molecule has 200 valence electrons. The lowest BCUT2D eigenvalue weighted by Crippen LogP contribution is -2.41. The molecule has 4 rings (SSSR count). The number of halogens is 3. The highest BCUT2D eigenvalue weighted by Crippen LogP contribution is 2.21. The standard InChI is InChI=1S/C25H25ClF2N6O4/c26-18-12-20(28)19(27)11-17(18)24(36)31-22-13-21(32-33-22)25(37)30-14-15-1-3-16(4-2-15)23(35)29-5-6-34-7-9-38-10-8-34/h1-4,11-13H,5-10,14H2,(H,29,35)(H,30,37)(H2,31,32,33,36). The molecule has 38 heavy (non-hydrogen) atoms. The van der Waals surface area contributed by atoms with Crippen molar-refractivity contribution < 1.29 is 27.9 Å². The van der Waals surface area contributed by atoms with Crippen LogP contribution in [0.4, 0.5) is 14.6 Å². The Hall–Kier alpha value is -3.87. The number of rotatable bonds is 9. The zero-order valence-corrected chi connectivity index (χ0v) is 20.9. The van der Waals surface area contributed by atoms with Crippen molar-refractivity contribution in [2.45, 2.75) is 6.54 Å². The van der Waals surface area contributed by atoms with Crippen molar-refractivity contribution in [2.24, 2.45) is 0 Å². The molecule has 3 amide bonds. The van der Waals surface area contributed by atoms with Gasteiger partial charge in [0.15, 0.2) is 17.5 Å². The molecule has 0 spiro atoms. The van der Waals surface area contributed by atoms with Gasteiger partial charge in [0.2, 0.25) is 0 Å². The van der Waals surface area contributed by atoms with E-state index >= 15 is 0 Å². The summed E-state index contributed by atoms with van der Waals surface area (Å²) in [4.78, 5) is 39.4. The van der Waals surface area contributed by atoms with Crippen molar-refractivity contribution in [2.75, 3.05) is 44.7 Å². The third kappa shape index (κ3) is 7.12. The molecule has 1 aromatic heterocycles. The summed E-state index contributed by atoms with van der Waals surface area (Å²) in [5.41, 5.74) is 1.06. The minimum atomic E-state index is -1.22. The zero-order chi connectivity index (χ0) is 27.1. The van der Waals surface area contributed by atoms with E-state index in [0.717, 1.165) is 25.2 Å². The van der Waals surface area contributed by atoms with Crippen LogP contribution >= 0.6 is 11.6 Å². The number of ether oxygens (including phenoxy) is 1. The fourth-order valence-electron chi connectivity index (χ4n) is 3.69. The lowest BCUT2D eigenvalue weighted by atomic mass is 10.1. The summed E-state index contributed by atoms with van der Waals surface area (Å²) in [5.74, 6) is -3.90. The molecule has 0 saturated carbocycles. The van der Waals surface area contributed by atoms with Gasteiger partial charge in [-0.1, -0.05) is 23.7 Å². The molecule has 3 aromatic rings. The van der Waals surface area contributed by atoms with Crippen molar-refractivity contribution in [3.63, 3.8) is 0 Å². The maximum Gasteiger partial charge on any atom is 0.269 e. The van der Waals surface area contributed by atoms with Gasteiger partial charge in [0, 0.05) is 44.4 Å². The number of nitrogens with one attached hydrogen (secondary N) is 4. The highest BCUT2D eigenvalue weighted by molar-refractivity contribution is 6.34. The summed E-state index contributed by atoms with van der Waals surface area (Å²) in [7, 11) is 0. The number of amides is 3. The second-order valence-corrected chi connectivity index (χ2v) is 8.86. The Kier molecular flexibility index (Phi) is 9.00. The van der Waals surface area contributed by atoms with Crippen LogP contribution in [-0.4, -0.2) is 72.2 Å². The van der Waals surface area contributed by atoms with Crippen molar-refractivity contribution in [1.82, 2.24) is 25.7 Å². The lowest BCUT2D eigenvalue weighted by Gasteiger charge is -2.26. The number of carbonyl (C=O) groups excluding carboxylic acids is 3. The summed E-state index contributed by atoms with van der Waals surface area (Å²) in [6, 6.07) is 9.49. The Labute approximate surface area is 221 Å². The average Bonchev–Trinajstić information content (AvgIpc) is 3.38. The van der Waals surface area contributed by atoms with Crippen LogP contribution in [0.2, 0.25) is 5.02 Å². The zero-order valence-electron chi connectivity index (χ0n) is 20.2. The molecule has 4 N–H and O–H groups in total. The van der Waals surface area contributed by atoms with Gasteiger partial charge in [-0.2, -0.15) is 5.10 Å². The quantitative estimate of drug-likeness (QED) is 0.305. The highest BCUT2D eigenvalue weighted by Gasteiger charge is 2.18. The molecule has 2 aromatic carbocycles. The third-order valence-electron chi connectivity index (χ3n) is 5.81. The second-order valence-electron chi connectivity index (χ2n) is 8.46. The highest BCUT2D eigenvalue weighted by atomic mass is 35.5. The van der Waals surface area contributed by atoms with Crippen LogP contribution in [0, 0.1) is 11.6 Å². The molecule has 2 heterocycles. The lowest BCUT2D eigenvalue weighted by molar-refractivity contribution is 0.0383.